The van der Waals surface area contributed by atoms with Crippen molar-refractivity contribution in [3.05, 3.63) is 72.0 Å². The maximum absolute atomic E-state index is 12.8. The van der Waals surface area contributed by atoms with E-state index in [-0.39, 0.29) is 41.9 Å². The number of allylic oxidation sites excluding steroid dienone is 2. The summed E-state index contributed by atoms with van der Waals surface area (Å²) in [4.78, 5) is 24.6. The van der Waals surface area contributed by atoms with E-state index >= 15 is 0 Å². The number of carbonyl (C=O) groups is 2. The molecule has 1 N–H and O–H groups in total. The number of rotatable bonds is 5. The molecule has 0 amide bonds. The molecule has 32 heavy (non-hydrogen) atoms. The number of esters is 2. The molecule has 2 fully saturated rings. The van der Waals surface area contributed by atoms with Gasteiger partial charge in [-0.15, -0.1) is 0 Å². The maximum atomic E-state index is 12.8. The van der Waals surface area contributed by atoms with Crippen LogP contribution >= 0.6 is 0 Å². The van der Waals surface area contributed by atoms with Gasteiger partial charge in [-0.05, 0) is 67.6 Å². The molecule has 5 heteroatoms. The molecule has 5 nitrogen and oxygen atoms in total. The topological polar surface area (TPSA) is 72.8 Å². The standard InChI is InChI=1S/C27H32O5/c1-18-9-12-22-26(2,21(18)11-10-20-14-16-31-24(20)29)15-13-23(27(22,3)17-28)32-25(30)19-7-5-4-6-8-19/h4-8,10,14,16,21-23,28H,1,9,11-13,15,17H2,2-3H3/b20-10+/t21-,22?,23-,26+,27+/m1/s1. The first kappa shape index (κ1) is 22.5. The van der Waals surface area contributed by atoms with E-state index in [2.05, 4.69) is 20.4 Å². The van der Waals surface area contributed by atoms with Crippen molar-refractivity contribution in [1.29, 1.82) is 0 Å². The minimum atomic E-state index is -0.546. The predicted molar refractivity (Wildman–Crippen MR) is 121 cm³/mol. The molecule has 0 bridgehead atoms. The summed E-state index contributed by atoms with van der Waals surface area (Å²) in [6.07, 6.45) is 8.75. The van der Waals surface area contributed by atoms with E-state index in [0.29, 0.717) is 24.0 Å². The Bertz CT molecular complexity index is 962. The Morgan fingerprint density at radius 3 is 2.69 bits per heavy atom. The SMILES string of the molecule is C=C1CCC2[C@](C)(CO)[C@H](OC(=O)c3ccccc3)CC[C@@]2(C)[C@@H]1C/C=C1\C=COC1=O. The Hall–Kier alpha value is -2.66. The fourth-order valence-corrected chi connectivity index (χ4v) is 6.28. The molecular weight excluding hydrogens is 404 g/mol. The molecule has 0 aromatic heterocycles. The van der Waals surface area contributed by atoms with Crippen LogP contribution in [0.1, 0.15) is 56.3 Å². The molecule has 1 unspecified atom stereocenters. The van der Waals surface area contributed by atoms with Gasteiger partial charge in [-0.2, -0.15) is 0 Å². The van der Waals surface area contributed by atoms with Crippen molar-refractivity contribution in [3.8, 4) is 0 Å². The van der Waals surface area contributed by atoms with Crippen molar-refractivity contribution in [2.45, 2.75) is 52.1 Å². The number of aliphatic hydroxyl groups excluding tert-OH is 1. The van der Waals surface area contributed by atoms with Gasteiger partial charge in [0.2, 0.25) is 0 Å². The molecule has 4 rings (SSSR count). The number of hydrogen-bond donors (Lipinski definition) is 1. The Morgan fingerprint density at radius 1 is 1.28 bits per heavy atom. The molecule has 5 atom stereocenters. The molecule has 0 spiro atoms. The molecule has 0 radical (unpaired) electrons. The largest absolute Gasteiger partial charge is 0.458 e. The molecule has 1 heterocycles. The third-order valence-corrected chi connectivity index (χ3v) is 8.15. The molecule has 1 aliphatic heterocycles. The van der Waals surface area contributed by atoms with E-state index in [4.69, 9.17) is 9.47 Å². The summed E-state index contributed by atoms with van der Waals surface area (Å²) in [6, 6.07) is 9.01. The van der Waals surface area contributed by atoms with Crippen molar-refractivity contribution in [2.24, 2.45) is 22.7 Å². The number of fused-ring (bicyclic) bond motifs is 1. The first-order valence-corrected chi connectivity index (χ1v) is 11.4. The lowest BCUT2D eigenvalue weighted by Crippen LogP contribution is -2.58. The number of aliphatic hydroxyl groups is 1. The minimum Gasteiger partial charge on any atom is -0.458 e. The van der Waals surface area contributed by atoms with Crippen LogP contribution in [0.15, 0.2) is 66.5 Å². The van der Waals surface area contributed by atoms with Crippen LogP contribution in [-0.4, -0.2) is 29.8 Å². The van der Waals surface area contributed by atoms with Gasteiger partial charge in [-0.1, -0.05) is 50.3 Å². The van der Waals surface area contributed by atoms with Gasteiger partial charge in [0.25, 0.3) is 0 Å². The quantitative estimate of drug-likeness (QED) is 0.400. The lowest BCUT2D eigenvalue weighted by atomic mass is 9.46. The van der Waals surface area contributed by atoms with Crippen molar-refractivity contribution in [1.82, 2.24) is 0 Å². The highest BCUT2D eigenvalue weighted by atomic mass is 16.5. The van der Waals surface area contributed by atoms with E-state index in [9.17, 15) is 14.7 Å². The van der Waals surface area contributed by atoms with Gasteiger partial charge in [0.05, 0.1) is 24.0 Å². The zero-order valence-electron chi connectivity index (χ0n) is 18.9. The van der Waals surface area contributed by atoms with Crippen molar-refractivity contribution in [2.75, 3.05) is 6.61 Å². The Morgan fingerprint density at radius 2 is 2.03 bits per heavy atom. The fourth-order valence-electron chi connectivity index (χ4n) is 6.28. The number of benzene rings is 1. The second-order valence-electron chi connectivity index (χ2n) is 9.87. The van der Waals surface area contributed by atoms with Gasteiger partial charge in [0.1, 0.15) is 6.10 Å². The van der Waals surface area contributed by atoms with Crippen molar-refractivity contribution >= 4 is 11.9 Å². The van der Waals surface area contributed by atoms with Crippen LogP contribution in [-0.2, 0) is 14.3 Å². The van der Waals surface area contributed by atoms with E-state index < -0.39 is 5.41 Å². The molecule has 2 saturated carbocycles. The fraction of sp³-hybridized carbons (Fsp3) is 0.481. The van der Waals surface area contributed by atoms with Gasteiger partial charge in [-0.3, -0.25) is 0 Å². The van der Waals surface area contributed by atoms with E-state index in [0.717, 1.165) is 19.3 Å². The predicted octanol–water partition coefficient (Wildman–Crippen LogP) is 4.98. The highest BCUT2D eigenvalue weighted by Gasteiger charge is 2.58. The zero-order valence-corrected chi connectivity index (χ0v) is 18.9. The van der Waals surface area contributed by atoms with Crippen LogP contribution in [0.4, 0.5) is 0 Å². The summed E-state index contributed by atoms with van der Waals surface area (Å²) < 4.78 is 10.9. The van der Waals surface area contributed by atoms with Crippen molar-refractivity contribution < 1.29 is 24.2 Å². The smallest absolute Gasteiger partial charge is 0.342 e. The number of carbonyl (C=O) groups excluding carboxylic acids is 2. The Kier molecular flexibility index (Phi) is 6.13. The third kappa shape index (κ3) is 3.83. The van der Waals surface area contributed by atoms with Gasteiger partial charge in [0.15, 0.2) is 0 Å². The molecule has 1 aromatic rings. The molecule has 3 aliphatic rings. The summed E-state index contributed by atoms with van der Waals surface area (Å²) >= 11 is 0. The summed E-state index contributed by atoms with van der Waals surface area (Å²) in [5.41, 5.74) is 1.65. The van der Waals surface area contributed by atoms with Crippen molar-refractivity contribution in [3.63, 3.8) is 0 Å². The number of ether oxygens (including phenoxy) is 2. The lowest BCUT2D eigenvalue weighted by molar-refractivity contribution is -0.153. The zero-order chi connectivity index (χ0) is 22.9. The summed E-state index contributed by atoms with van der Waals surface area (Å²) in [5, 5.41) is 10.6. The average molecular weight is 437 g/mol. The second-order valence-corrected chi connectivity index (χ2v) is 9.87. The van der Waals surface area contributed by atoms with E-state index in [1.54, 1.807) is 18.2 Å². The van der Waals surface area contributed by atoms with Crippen LogP contribution in [0.25, 0.3) is 0 Å². The molecule has 170 valence electrons. The first-order chi connectivity index (χ1) is 15.3. The molecule has 2 aliphatic carbocycles. The minimum absolute atomic E-state index is 0.0463. The van der Waals surface area contributed by atoms with Crippen LogP contribution < -0.4 is 0 Å². The van der Waals surface area contributed by atoms with Gasteiger partial charge >= 0.3 is 11.9 Å². The second kappa shape index (κ2) is 8.70. The van der Waals surface area contributed by atoms with Gasteiger partial charge < -0.3 is 14.6 Å². The van der Waals surface area contributed by atoms with Gasteiger partial charge in [0, 0.05) is 5.41 Å². The van der Waals surface area contributed by atoms with E-state index in [1.807, 2.05) is 24.3 Å². The summed E-state index contributed by atoms with van der Waals surface area (Å²) in [6.45, 7) is 8.65. The first-order valence-electron chi connectivity index (χ1n) is 11.4. The monoisotopic (exact) mass is 436 g/mol. The Labute approximate surface area is 189 Å². The summed E-state index contributed by atoms with van der Waals surface area (Å²) in [7, 11) is 0. The summed E-state index contributed by atoms with van der Waals surface area (Å²) in [5.74, 6) is -0.300. The molecule has 1 aromatic carbocycles. The Balaban J connectivity index is 1.58. The van der Waals surface area contributed by atoms with Gasteiger partial charge in [-0.25, -0.2) is 9.59 Å². The average Bonchev–Trinajstić information content (AvgIpc) is 3.20. The van der Waals surface area contributed by atoms with Crippen LogP contribution in [0, 0.1) is 22.7 Å². The molecule has 0 saturated heterocycles. The van der Waals surface area contributed by atoms with E-state index in [1.165, 1.54) is 11.8 Å². The van der Waals surface area contributed by atoms with Crippen LogP contribution in [0.3, 0.4) is 0 Å². The normalized spacial score (nSPS) is 35.5. The number of cyclic esters (lactones) is 1. The lowest BCUT2D eigenvalue weighted by Gasteiger charge is -2.60. The maximum Gasteiger partial charge on any atom is 0.342 e. The van der Waals surface area contributed by atoms with Crippen LogP contribution in [0.2, 0.25) is 0 Å². The third-order valence-electron chi connectivity index (χ3n) is 8.15. The highest BCUT2D eigenvalue weighted by molar-refractivity contribution is 5.94. The highest BCUT2D eigenvalue weighted by Crippen LogP contribution is 2.62. The number of hydrogen-bond acceptors (Lipinski definition) is 5. The molecular formula is C27H32O5. The van der Waals surface area contributed by atoms with Crippen LogP contribution in [0.5, 0.6) is 0 Å².